The number of rotatable bonds is 8. The molecule has 1 heterocycles. The lowest BCUT2D eigenvalue weighted by Gasteiger charge is -2.20. The largest absolute Gasteiger partial charge is 0.372 e. The van der Waals surface area contributed by atoms with Gasteiger partial charge in [-0.2, -0.15) is 0 Å². The summed E-state index contributed by atoms with van der Waals surface area (Å²) in [5.41, 5.74) is 2.12. The van der Waals surface area contributed by atoms with Crippen LogP contribution in [0.15, 0.2) is 29.2 Å². The van der Waals surface area contributed by atoms with Gasteiger partial charge in [-0.3, -0.25) is 14.5 Å². The van der Waals surface area contributed by atoms with Gasteiger partial charge in [0.15, 0.2) is 0 Å². The topological polar surface area (TPSA) is 40.6 Å². The molecular weight excluding hydrogens is 320 g/mol. The second-order valence-electron chi connectivity index (χ2n) is 5.80. The Morgan fingerprint density at radius 3 is 2.29 bits per heavy atom. The summed E-state index contributed by atoms with van der Waals surface area (Å²) in [6.07, 6.45) is 4.80. The second kappa shape index (κ2) is 8.92. The quantitative estimate of drug-likeness (QED) is 0.503. The van der Waals surface area contributed by atoms with Gasteiger partial charge in [-0.15, -0.1) is 0 Å². The number of hydrogen-bond acceptors (Lipinski definition) is 4. The molecule has 1 saturated heterocycles. The van der Waals surface area contributed by atoms with E-state index in [0.29, 0.717) is 11.4 Å². The van der Waals surface area contributed by atoms with Crippen molar-refractivity contribution < 1.29 is 9.59 Å². The number of benzene rings is 1. The molecule has 130 valence electrons. The van der Waals surface area contributed by atoms with E-state index in [0.717, 1.165) is 49.7 Å². The fourth-order valence-electron chi connectivity index (χ4n) is 2.73. The van der Waals surface area contributed by atoms with Crippen LogP contribution in [-0.4, -0.2) is 35.7 Å². The van der Waals surface area contributed by atoms with Crippen molar-refractivity contribution in [3.63, 3.8) is 0 Å². The summed E-state index contributed by atoms with van der Waals surface area (Å²) in [6, 6.07) is 8.12. The molecule has 0 saturated carbocycles. The van der Waals surface area contributed by atoms with Crippen LogP contribution in [0.25, 0.3) is 6.08 Å². The van der Waals surface area contributed by atoms with Crippen molar-refractivity contribution in [3.05, 3.63) is 34.7 Å². The van der Waals surface area contributed by atoms with Crippen LogP contribution in [-0.2, 0) is 4.79 Å². The molecule has 1 aliphatic rings. The van der Waals surface area contributed by atoms with E-state index in [1.54, 1.807) is 0 Å². The molecule has 0 radical (unpaired) electrons. The summed E-state index contributed by atoms with van der Waals surface area (Å²) in [5.74, 6) is -0.158. The number of anilines is 1. The van der Waals surface area contributed by atoms with Crippen LogP contribution < -0.4 is 4.90 Å². The number of amides is 2. The highest BCUT2D eigenvalue weighted by Crippen LogP contribution is 2.32. The number of carbonyl (C=O) groups excluding carboxylic acids is 2. The van der Waals surface area contributed by atoms with Crippen molar-refractivity contribution in [2.75, 3.05) is 24.5 Å². The molecule has 0 bridgehead atoms. The first-order valence-electron chi connectivity index (χ1n) is 8.71. The number of imide groups is 1. The maximum atomic E-state index is 12.4. The van der Waals surface area contributed by atoms with Gasteiger partial charge >= 0.3 is 0 Å². The van der Waals surface area contributed by atoms with Crippen molar-refractivity contribution in [1.29, 1.82) is 0 Å². The molecule has 0 aromatic heterocycles. The Balaban J connectivity index is 2.08. The monoisotopic (exact) mass is 346 g/mol. The predicted octanol–water partition coefficient (Wildman–Crippen LogP) is 4.76. The second-order valence-corrected chi connectivity index (χ2v) is 6.80. The Hall–Kier alpha value is -1.75. The van der Waals surface area contributed by atoms with Gasteiger partial charge in [0, 0.05) is 25.3 Å². The van der Waals surface area contributed by atoms with Gasteiger partial charge in [-0.05, 0) is 55.8 Å². The molecule has 1 aliphatic heterocycles. The molecule has 24 heavy (non-hydrogen) atoms. The van der Waals surface area contributed by atoms with Crippen LogP contribution in [0.3, 0.4) is 0 Å². The number of carbonyl (C=O) groups is 2. The third-order valence-electron chi connectivity index (χ3n) is 4.18. The van der Waals surface area contributed by atoms with Crippen LogP contribution in [0.1, 0.15) is 45.6 Å². The third kappa shape index (κ3) is 4.41. The van der Waals surface area contributed by atoms with Crippen LogP contribution >= 0.6 is 11.8 Å². The number of hydrogen-bond donors (Lipinski definition) is 0. The minimum atomic E-state index is -0.158. The minimum absolute atomic E-state index is 0.151. The van der Waals surface area contributed by atoms with Gasteiger partial charge < -0.3 is 4.90 Å². The zero-order valence-corrected chi connectivity index (χ0v) is 15.6. The molecule has 4 nitrogen and oxygen atoms in total. The van der Waals surface area contributed by atoms with Gasteiger partial charge in [-0.25, -0.2) is 0 Å². The Kier molecular flexibility index (Phi) is 6.91. The molecule has 1 aromatic rings. The lowest BCUT2D eigenvalue weighted by Crippen LogP contribution is -2.29. The first-order chi connectivity index (χ1) is 11.6. The average molecular weight is 346 g/mol. The number of nitrogens with zero attached hydrogens (tertiary/aromatic N) is 2. The lowest BCUT2D eigenvalue weighted by atomic mass is 10.1. The van der Waals surface area contributed by atoms with Gasteiger partial charge in [-0.1, -0.05) is 31.9 Å². The van der Waals surface area contributed by atoms with E-state index in [4.69, 9.17) is 0 Å². The average Bonchev–Trinajstić information content (AvgIpc) is 2.85. The highest BCUT2D eigenvalue weighted by molar-refractivity contribution is 8.18. The van der Waals surface area contributed by atoms with E-state index in [1.165, 1.54) is 10.6 Å². The Bertz CT molecular complexity index is 606. The fourth-order valence-corrected chi connectivity index (χ4v) is 3.60. The molecule has 5 heteroatoms. The van der Waals surface area contributed by atoms with E-state index in [-0.39, 0.29) is 11.1 Å². The van der Waals surface area contributed by atoms with Crippen molar-refractivity contribution >= 4 is 34.7 Å². The number of thioether (sulfide) groups is 1. The minimum Gasteiger partial charge on any atom is -0.372 e. The summed E-state index contributed by atoms with van der Waals surface area (Å²) < 4.78 is 0. The van der Waals surface area contributed by atoms with Gasteiger partial charge in [0.25, 0.3) is 11.1 Å². The molecule has 2 rings (SSSR count). The molecule has 0 N–H and O–H groups in total. The van der Waals surface area contributed by atoms with Gasteiger partial charge in [0.1, 0.15) is 0 Å². The standard InChI is InChI=1S/C19H26N2O2S/c1-4-7-8-13-21-18(22)17(24-19(21)23)14-15-9-11-16(12-10-15)20(5-2)6-3/h9-12,14H,4-8,13H2,1-3H3/b17-14-. The number of unbranched alkanes of at least 4 members (excludes halogenated alkanes) is 2. The van der Waals surface area contributed by atoms with E-state index >= 15 is 0 Å². The summed E-state index contributed by atoms with van der Waals surface area (Å²) in [4.78, 5) is 28.6. The van der Waals surface area contributed by atoms with E-state index in [1.807, 2.05) is 18.2 Å². The van der Waals surface area contributed by atoms with Crippen molar-refractivity contribution in [1.82, 2.24) is 4.90 Å². The highest BCUT2D eigenvalue weighted by Gasteiger charge is 2.34. The van der Waals surface area contributed by atoms with Crippen LogP contribution in [0.2, 0.25) is 0 Å². The Morgan fingerprint density at radius 2 is 1.71 bits per heavy atom. The Labute approximate surface area is 148 Å². The summed E-state index contributed by atoms with van der Waals surface area (Å²) in [6.45, 7) is 8.82. The van der Waals surface area contributed by atoms with E-state index in [2.05, 4.69) is 37.8 Å². The summed E-state index contributed by atoms with van der Waals surface area (Å²) in [7, 11) is 0. The maximum absolute atomic E-state index is 12.4. The Morgan fingerprint density at radius 1 is 1.04 bits per heavy atom. The summed E-state index contributed by atoms with van der Waals surface area (Å²) in [5, 5.41) is -0.151. The SMILES string of the molecule is CCCCCN1C(=O)S/C(=C\c2ccc(N(CC)CC)cc2)C1=O. The van der Waals surface area contributed by atoms with Crippen LogP contribution in [0, 0.1) is 0 Å². The third-order valence-corrected chi connectivity index (χ3v) is 5.09. The molecule has 2 amide bonds. The molecule has 0 aliphatic carbocycles. The van der Waals surface area contributed by atoms with Crippen molar-refractivity contribution in [2.45, 2.75) is 40.0 Å². The first-order valence-corrected chi connectivity index (χ1v) is 9.52. The maximum Gasteiger partial charge on any atom is 0.293 e. The van der Waals surface area contributed by atoms with Crippen LogP contribution in [0.5, 0.6) is 0 Å². The smallest absolute Gasteiger partial charge is 0.293 e. The zero-order chi connectivity index (χ0) is 17.5. The first kappa shape index (κ1) is 18.6. The molecule has 0 unspecified atom stereocenters. The van der Waals surface area contributed by atoms with E-state index in [9.17, 15) is 9.59 Å². The normalized spacial score (nSPS) is 16.3. The molecule has 0 spiro atoms. The van der Waals surface area contributed by atoms with Crippen LogP contribution in [0.4, 0.5) is 10.5 Å². The fraction of sp³-hybridized carbons (Fsp3) is 0.474. The summed E-state index contributed by atoms with van der Waals surface area (Å²) >= 11 is 1.04. The molecule has 0 atom stereocenters. The molecule has 1 fully saturated rings. The van der Waals surface area contributed by atoms with Gasteiger partial charge in [0.05, 0.1) is 4.91 Å². The van der Waals surface area contributed by atoms with Crippen molar-refractivity contribution in [2.24, 2.45) is 0 Å². The zero-order valence-electron chi connectivity index (χ0n) is 14.7. The molecular formula is C19H26N2O2S. The van der Waals surface area contributed by atoms with Crippen molar-refractivity contribution in [3.8, 4) is 0 Å². The predicted molar refractivity (Wildman–Crippen MR) is 102 cm³/mol. The van der Waals surface area contributed by atoms with E-state index < -0.39 is 0 Å². The lowest BCUT2D eigenvalue weighted by molar-refractivity contribution is -0.122. The molecule has 1 aromatic carbocycles. The van der Waals surface area contributed by atoms with Gasteiger partial charge in [0.2, 0.25) is 0 Å². The highest BCUT2D eigenvalue weighted by atomic mass is 32.2.